The number of hydrogen-bond donors (Lipinski definition) is 2. The van der Waals surface area contributed by atoms with Crippen LogP contribution >= 0.6 is 0 Å². The fourth-order valence-corrected chi connectivity index (χ4v) is 2.92. The van der Waals surface area contributed by atoms with Gasteiger partial charge in [-0.3, -0.25) is 10.1 Å². The normalized spacial score (nSPS) is 13.5. The molecular weight excluding hydrogens is 274 g/mol. The summed E-state index contributed by atoms with van der Waals surface area (Å²) in [5, 5.41) is 20.1. The molecule has 0 fully saturated rings. The van der Waals surface area contributed by atoms with Crippen LogP contribution in [0.4, 0.5) is 11.4 Å². The number of aliphatic hydroxyl groups excluding tert-OH is 1. The Kier molecular flexibility index (Phi) is 4.45. The fraction of sp³-hybridized carbons (Fsp3) is 0.400. The van der Waals surface area contributed by atoms with Crippen LogP contribution in [0.5, 0.6) is 0 Å². The summed E-state index contributed by atoms with van der Waals surface area (Å²) in [5.41, 5.74) is 4.93. The van der Waals surface area contributed by atoms with Gasteiger partial charge in [-0.2, -0.15) is 4.31 Å². The first-order valence-corrected chi connectivity index (χ1v) is 6.78. The minimum absolute atomic E-state index is 0.101. The first-order valence-electron chi connectivity index (χ1n) is 5.34. The summed E-state index contributed by atoms with van der Waals surface area (Å²) < 4.78 is 25.2. The molecule has 19 heavy (non-hydrogen) atoms. The summed E-state index contributed by atoms with van der Waals surface area (Å²) in [6.07, 6.45) is -0.882. The zero-order chi connectivity index (χ0) is 14.8. The van der Waals surface area contributed by atoms with Crippen molar-refractivity contribution in [2.24, 2.45) is 0 Å². The molecule has 3 N–H and O–H groups in total. The average Bonchev–Trinajstić information content (AvgIpc) is 2.27. The van der Waals surface area contributed by atoms with Gasteiger partial charge in [-0.05, 0) is 19.1 Å². The van der Waals surface area contributed by atoms with Crippen LogP contribution in [0.2, 0.25) is 0 Å². The van der Waals surface area contributed by atoms with E-state index in [0.29, 0.717) is 0 Å². The number of nitrogens with two attached hydrogens (primary N) is 1. The highest BCUT2D eigenvalue weighted by molar-refractivity contribution is 7.89. The zero-order valence-corrected chi connectivity index (χ0v) is 11.3. The van der Waals surface area contributed by atoms with Gasteiger partial charge in [-0.25, -0.2) is 8.42 Å². The minimum Gasteiger partial charge on any atom is -0.399 e. The van der Waals surface area contributed by atoms with E-state index in [1.54, 1.807) is 0 Å². The number of aliphatic hydroxyl groups is 1. The fourth-order valence-electron chi connectivity index (χ4n) is 1.53. The predicted octanol–water partition coefficient (Wildman–Crippen LogP) is 0.178. The maximum absolute atomic E-state index is 12.2. The van der Waals surface area contributed by atoms with Crippen LogP contribution in [-0.4, -0.2) is 42.4 Å². The number of anilines is 1. The van der Waals surface area contributed by atoms with Crippen LogP contribution in [0, 0.1) is 10.1 Å². The van der Waals surface area contributed by atoms with Crippen LogP contribution < -0.4 is 5.73 Å². The summed E-state index contributed by atoms with van der Waals surface area (Å²) in [6.45, 7) is 1.26. The van der Waals surface area contributed by atoms with Gasteiger partial charge in [-0.1, -0.05) is 0 Å². The van der Waals surface area contributed by atoms with Gasteiger partial charge in [0.25, 0.3) is 5.69 Å². The van der Waals surface area contributed by atoms with Crippen molar-refractivity contribution in [1.82, 2.24) is 4.31 Å². The lowest BCUT2D eigenvalue weighted by Gasteiger charge is -2.18. The Bertz CT molecular complexity index is 585. The highest BCUT2D eigenvalue weighted by Crippen LogP contribution is 2.28. The molecule has 0 saturated heterocycles. The van der Waals surface area contributed by atoms with E-state index in [-0.39, 0.29) is 12.2 Å². The molecule has 106 valence electrons. The van der Waals surface area contributed by atoms with Crippen molar-refractivity contribution >= 4 is 21.4 Å². The number of benzene rings is 1. The molecule has 9 heteroatoms. The molecule has 0 aliphatic rings. The minimum atomic E-state index is -4.05. The van der Waals surface area contributed by atoms with Gasteiger partial charge in [0.05, 0.1) is 11.0 Å². The lowest BCUT2D eigenvalue weighted by atomic mass is 10.3. The molecule has 1 aromatic carbocycles. The van der Waals surface area contributed by atoms with E-state index in [0.717, 1.165) is 16.4 Å². The molecule has 0 aliphatic heterocycles. The first-order chi connectivity index (χ1) is 8.66. The third-order valence-corrected chi connectivity index (χ3v) is 4.26. The summed E-state index contributed by atoms with van der Waals surface area (Å²) in [4.78, 5) is 9.63. The third kappa shape index (κ3) is 3.40. The van der Waals surface area contributed by atoms with Crippen LogP contribution in [0.15, 0.2) is 23.1 Å². The largest absolute Gasteiger partial charge is 0.399 e. The van der Waals surface area contributed by atoms with Crippen LogP contribution in [0.3, 0.4) is 0 Å². The Morgan fingerprint density at radius 3 is 2.58 bits per heavy atom. The number of nitro benzene ring substituents is 1. The van der Waals surface area contributed by atoms with Crippen molar-refractivity contribution in [3.05, 3.63) is 28.3 Å². The van der Waals surface area contributed by atoms with E-state index < -0.39 is 31.6 Å². The van der Waals surface area contributed by atoms with Crippen molar-refractivity contribution < 1.29 is 18.4 Å². The standard InChI is InChI=1S/C10H15N3O5S/c1-7(14)6-12(2)19(17,18)10-4-3-8(11)5-9(10)13(15)16/h3-5,7,14H,6,11H2,1-2H3. The van der Waals surface area contributed by atoms with Gasteiger partial charge in [0.15, 0.2) is 4.90 Å². The molecule has 0 spiro atoms. The Hall–Kier alpha value is -1.71. The molecule has 0 saturated carbocycles. The molecule has 1 unspecified atom stereocenters. The van der Waals surface area contributed by atoms with E-state index in [4.69, 9.17) is 5.73 Å². The lowest BCUT2D eigenvalue weighted by molar-refractivity contribution is -0.387. The van der Waals surface area contributed by atoms with Crippen molar-refractivity contribution in [3.63, 3.8) is 0 Å². The summed E-state index contributed by atoms with van der Waals surface area (Å²) in [6, 6.07) is 3.35. The highest BCUT2D eigenvalue weighted by Gasteiger charge is 2.30. The number of hydrogen-bond acceptors (Lipinski definition) is 6. The number of rotatable bonds is 5. The van der Waals surface area contributed by atoms with E-state index in [2.05, 4.69) is 0 Å². The van der Waals surface area contributed by atoms with E-state index >= 15 is 0 Å². The summed E-state index contributed by atoms with van der Waals surface area (Å²) in [5.74, 6) is 0. The number of nitrogen functional groups attached to an aromatic ring is 1. The van der Waals surface area contributed by atoms with Gasteiger partial charge in [0.1, 0.15) is 0 Å². The second-order valence-electron chi connectivity index (χ2n) is 4.12. The van der Waals surface area contributed by atoms with Gasteiger partial charge in [0, 0.05) is 25.3 Å². The number of nitrogens with zero attached hydrogens (tertiary/aromatic N) is 2. The highest BCUT2D eigenvalue weighted by atomic mass is 32.2. The topological polar surface area (TPSA) is 127 Å². The number of sulfonamides is 1. The lowest BCUT2D eigenvalue weighted by Crippen LogP contribution is -2.33. The molecule has 1 rings (SSSR count). The summed E-state index contributed by atoms with van der Waals surface area (Å²) >= 11 is 0. The van der Waals surface area contributed by atoms with E-state index in [1.807, 2.05) is 0 Å². The van der Waals surface area contributed by atoms with Crippen molar-refractivity contribution in [3.8, 4) is 0 Å². The first kappa shape index (κ1) is 15.3. The second kappa shape index (κ2) is 5.51. The molecule has 1 atom stereocenters. The Labute approximate surface area is 110 Å². The molecule has 0 heterocycles. The molecular formula is C10H15N3O5S. The van der Waals surface area contributed by atoms with Gasteiger partial charge in [0.2, 0.25) is 10.0 Å². The monoisotopic (exact) mass is 289 g/mol. The predicted molar refractivity (Wildman–Crippen MR) is 69.0 cm³/mol. The average molecular weight is 289 g/mol. The molecule has 0 radical (unpaired) electrons. The van der Waals surface area contributed by atoms with Gasteiger partial charge < -0.3 is 10.8 Å². The number of likely N-dealkylation sites (N-methyl/N-ethyl adjacent to an activating group) is 1. The zero-order valence-electron chi connectivity index (χ0n) is 10.5. The Morgan fingerprint density at radius 2 is 2.11 bits per heavy atom. The van der Waals surface area contributed by atoms with E-state index in [9.17, 15) is 23.6 Å². The molecule has 0 aliphatic carbocycles. The van der Waals surface area contributed by atoms with Crippen molar-refractivity contribution in [1.29, 1.82) is 0 Å². The molecule has 1 aromatic rings. The Morgan fingerprint density at radius 1 is 1.53 bits per heavy atom. The second-order valence-corrected chi connectivity index (χ2v) is 6.13. The number of nitro groups is 1. The van der Waals surface area contributed by atoms with Crippen molar-refractivity contribution in [2.45, 2.75) is 17.9 Å². The van der Waals surface area contributed by atoms with Crippen LogP contribution in [0.25, 0.3) is 0 Å². The molecule has 8 nitrogen and oxygen atoms in total. The van der Waals surface area contributed by atoms with Crippen LogP contribution in [-0.2, 0) is 10.0 Å². The maximum atomic E-state index is 12.2. The maximum Gasteiger partial charge on any atom is 0.291 e. The van der Waals surface area contributed by atoms with Crippen molar-refractivity contribution in [2.75, 3.05) is 19.3 Å². The molecule has 0 bridgehead atoms. The van der Waals surface area contributed by atoms with Gasteiger partial charge >= 0.3 is 0 Å². The third-order valence-electron chi connectivity index (χ3n) is 2.39. The quantitative estimate of drug-likeness (QED) is 0.452. The summed E-state index contributed by atoms with van der Waals surface area (Å²) in [7, 11) is -2.81. The molecule has 0 aromatic heterocycles. The Balaban J connectivity index is 3.33. The van der Waals surface area contributed by atoms with Crippen LogP contribution in [0.1, 0.15) is 6.92 Å². The van der Waals surface area contributed by atoms with E-state index in [1.165, 1.54) is 20.0 Å². The smallest absolute Gasteiger partial charge is 0.291 e. The van der Waals surface area contributed by atoms with Gasteiger partial charge in [-0.15, -0.1) is 0 Å². The molecule has 0 amide bonds. The SMILES string of the molecule is CC(O)CN(C)S(=O)(=O)c1ccc(N)cc1[N+](=O)[O-].